The summed E-state index contributed by atoms with van der Waals surface area (Å²) < 4.78 is 4.98. The van der Waals surface area contributed by atoms with Crippen molar-refractivity contribution >= 4 is 17.6 Å². The summed E-state index contributed by atoms with van der Waals surface area (Å²) in [6.45, 7) is 1.64. The summed E-state index contributed by atoms with van der Waals surface area (Å²) in [7, 11) is 0. The van der Waals surface area contributed by atoms with E-state index in [0.29, 0.717) is 12.1 Å². The molecule has 0 saturated heterocycles. The largest absolute Gasteiger partial charge is 0.455 e. The molecule has 1 amide bonds. The molecule has 0 saturated carbocycles. The fourth-order valence-corrected chi connectivity index (χ4v) is 2.06. The Bertz CT molecular complexity index is 744. The quantitative estimate of drug-likeness (QED) is 0.829. The van der Waals surface area contributed by atoms with Crippen LogP contribution in [-0.2, 0) is 27.2 Å². The standard InChI is InChI=1S/C19H18N2O3/c1-14-2-4-16(5-3-14)12-19(23)24-13-18(22)21-17-8-6-15(7-9-17)10-11-20/h2-9H,10,12-13H2,1H3,(H,21,22). The fraction of sp³-hybridized carbons (Fsp3) is 0.211. The molecule has 0 aliphatic carbocycles. The van der Waals surface area contributed by atoms with Crippen LogP contribution in [0.15, 0.2) is 48.5 Å². The fourth-order valence-electron chi connectivity index (χ4n) is 2.06. The van der Waals surface area contributed by atoms with E-state index in [2.05, 4.69) is 11.4 Å². The van der Waals surface area contributed by atoms with E-state index in [-0.39, 0.29) is 13.0 Å². The third-order valence-electron chi connectivity index (χ3n) is 3.35. The minimum Gasteiger partial charge on any atom is -0.455 e. The Kier molecular flexibility index (Phi) is 6.09. The van der Waals surface area contributed by atoms with Gasteiger partial charge >= 0.3 is 5.97 Å². The Morgan fingerprint density at radius 3 is 2.29 bits per heavy atom. The van der Waals surface area contributed by atoms with Gasteiger partial charge in [0.1, 0.15) is 0 Å². The molecule has 0 heterocycles. The molecular formula is C19H18N2O3. The van der Waals surface area contributed by atoms with Gasteiger partial charge in [0.25, 0.3) is 5.91 Å². The van der Waals surface area contributed by atoms with Gasteiger partial charge in [-0.15, -0.1) is 0 Å². The number of aryl methyl sites for hydroxylation is 1. The van der Waals surface area contributed by atoms with Gasteiger partial charge in [-0.1, -0.05) is 42.0 Å². The van der Waals surface area contributed by atoms with Crippen molar-refractivity contribution in [3.05, 3.63) is 65.2 Å². The molecule has 0 aromatic heterocycles. The number of hydrogen-bond donors (Lipinski definition) is 1. The van der Waals surface area contributed by atoms with Gasteiger partial charge < -0.3 is 10.1 Å². The minimum absolute atomic E-state index is 0.135. The van der Waals surface area contributed by atoms with E-state index in [0.717, 1.165) is 16.7 Å². The van der Waals surface area contributed by atoms with Crippen LogP contribution in [0.25, 0.3) is 0 Å². The summed E-state index contributed by atoms with van der Waals surface area (Å²) in [5.41, 5.74) is 3.43. The normalized spacial score (nSPS) is 9.83. The topological polar surface area (TPSA) is 79.2 Å². The Morgan fingerprint density at radius 1 is 1.04 bits per heavy atom. The smallest absolute Gasteiger partial charge is 0.310 e. The summed E-state index contributed by atoms with van der Waals surface area (Å²) >= 11 is 0. The Balaban J connectivity index is 1.77. The van der Waals surface area contributed by atoms with Gasteiger partial charge in [0.2, 0.25) is 0 Å². The van der Waals surface area contributed by atoms with Crippen LogP contribution in [0.4, 0.5) is 5.69 Å². The van der Waals surface area contributed by atoms with Gasteiger partial charge in [0, 0.05) is 5.69 Å². The Hall–Kier alpha value is -3.13. The number of amides is 1. The number of nitrogens with zero attached hydrogens (tertiary/aromatic N) is 1. The van der Waals surface area contributed by atoms with E-state index in [4.69, 9.17) is 10.00 Å². The van der Waals surface area contributed by atoms with Crippen molar-refractivity contribution < 1.29 is 14.3 Å². The number of benzene rings is 2. The van der Waals surface area contributed by atoms with Crippen molar-refractivity contribution in [3.8, 4) is 6.07 Å². The predicted molar refractivity (Wildman–Crippen MR) is 90.2 cm³/mol. The molecule has 0 radical (unpaired) electrons. The number of carbonyl (C=O) groups excluding carboxylic acids is 2. The van der Waals surface area contributed by atoms with E-state index >= 15 is 0 Å². The number of rotatable bonds is 6. The average Bonchev–Trinajstić information content (AvgIpc) is 2.57. The zero-order chi connectivity index (χ0) is 17.4. The maximum absolute atomic E-state index is 11.8. The second-order valence-electron chi connectivity index (χ2n) is 5.40. The van der Waals surface area contributed by atoms with Gasteiger partial charge in [0.15, 0.2) is 6.61 Å². The molecule has 2 rings (SSSR count). The first-order valence-electron chi connectivity index (χ1n) is 7.54. The molecule has 0 aliphatic rings. The van der Waals surface area contributed by atoms with Crippen molar-refractivity contribution in [3.63, 3.8) is 0 Å². The average molecular weight is 322 g/mol. The highest BCUT2D eigenvalue weighted by Gasteiger charge is 2.09. The van der Waals surface area contributed by atoms with Crippen LogP contribution in [0.2, 0.25) is 0 Å². The van der Waals surface area contributed by atoms with Crippen molar-refractivity contribution in [2.45, 2.75) is 19.8 Å². The number of hydrogen-bond acceptors (Lipinski definition) is 4. The molecule has 24 heavy (non-hydrogen) atoms. The van der Waals surface area contributed by atoms with Crippen LogP contribution in [0.3, 0.4) is 0 Å². The van der Waals surface area contributed by atoms with Crippen molar-refractivity contribution in [1.29, 1.82) is 5.26 Å². The number of anilines is 1. The summed E-state index contributed by atoms with van der Waals surface area (Å²) in [5, 5.41) is 11.2. The highest BCUT2D eigenvalue weighted by molar-refractivity contribution is 5.92. The summed E-state index contributed by atoms with van der Waals surface area (Å²) in [6.07, 6.45) is 0.460. The van der Waals surface area contributed by atoms with E-state index in [9.17, 15) is 9.59 Å². The lowest BCUT2D eigenvalue weighted by molar-refractivity contribution is -0.146. The first-order valence-corrected chi connectivity index (χ1v) is 7.54. The van der Waals surface area contributed by atoms with Crippen molar-refractivity contribution in [2.75, 3.05) is 11.9 Å². The zero-order valence-electron chi connectivity index (χ0n) is 13.4. The summed E-state index contributed by atoms with van der Waals surface area (Å²) in [6, 6.07) is 16.6. The summed E-state index contributed by atoms with van der Waals surface area (Å²) in [4.78, 5) is 23.5. The molecule has 5 nitrogen and oxygen atoms in total. The Labute approximate surface area is 140 Å². The predicted octanol–water partition coefficient (Wildman–Crippen LogP) is 2.79. The first-order chi connectivity index (χ1) is 11.6. The highest BCUT2D eigenvalue weighted by Crippen LogP contribution is 2.10. The zero-order valence-corrected chi connectivity index (χ0v) is 13.4. The van der Waals surface area contributed by atoms with Crippen LogP contribution < -0.4 is 5.32 Å². The second kappa shape index (κ2) is 8.49. The number of esters is 1. The van der Waals surface area contributed by atoms with Crippen molar-refractivity contribution in [2.24, 2.45) is 0 Å². The van der Waals surface area contributed by atoms with Gasteiger partial charge in [-0.3, -0.25) is 9.59 Å². The molecule has 1 N–H and O–H groups in total. The van der Waals surface area contributed by atoms with Gasteiger partial charge in [-0.2, -0.15) is 5.26 Å². The van der Waals surface area contributed by atoms with Gasteiger partial charge in [0.05, 0.1) is 18.9 Å². The lowest BCUT2D eigenvalue weighted by Gasteiger charge is -2.07. The lowest BCUT2D eigenvalue weighted by Crippen LogP contribution is -2.21. The van der Waals surface area contributed by atoms with Crippen LogP contribution in [0, 0.1) is 18.3 Å². The van der Waals surface area contributed by atoms with Crippen LogP contribution in [0.1, 0.15) is 16.7 Å². The SMILES string of the molecule is Cc1ccc(CC(=O)OCC(=O)Nc2ccc(CC#N)cc2)cc1. The molecular weight excluding hydrogens is 304 g/mol. The molecule has 2 aromatic carbocycles. The number of carbonyl (C=O) groups is 2. The minimum atomic E-state index is -0.446. The highest BCUT2D eigenvalue weighted by atomic mass is 16.5. The summed E-state index contributed by atoms with van der Waals surface area (Å²) in [5.74, 6) is -0.848. The molecule has 0 aliphatic heterocycles. The van der Waals surface area contributed by atoms with E-state index in [1.54, 1.807) is 24.3 Å². The molecule has 5 heteroatoms. The molecule has 0 fully saturated rings. The van der Waals surface area contributed by atoms with Gasteiger partial charge in [-0.25, -0.2) is 0 Å². The second-order valence-corrected chi connectivity index (χ2v) is 5.40. The maximum atomic E-state index is 11.8. The maximum Gasteiger partial charge on any atom is 0.310 e. The molecule has 122 valence electrons. The van der Waals surface area contributed by atoms with Gasteiger partial charge in [-0.05, 0) is 30.2 Å². The first kappa shape index (κ1) is 17.2. The lowest BCUT2D eigenvalue weighted by atomic mass is 10.1. The van der Waals surface area contributed by atoms with E-state index in [1.807, 2.05) is 31.2 Å². The molecule has 2 aromatic rings. The molecule has 0 bridgehead atoms. The van der Waals surface area contributed by atoms with E-state index < -0.39 is 11.9 Å². The van der Waals surface area contributed by atoms with Crippen LogP contribution >= 0.6 is 0 Å². The third kappa shape index (κ3) is 5.58. The number of nitriles is 1. The van der Waals surface area contributed by atoms with Crippen molar-refractivity contribution in [1.82, 2.24) is 0 Å². The number of ether oxygens (including phenoxy) is 1. The molecule has 0 atom stereocenters. The number of nitrogens with one attached hydrogen (secondary N) is 1. The molecule has 0 spiro atoms. The van der Waals surface area contributed by atoms with E-state index in [1.165, 1.54) is 0 Å². The van der Waals surface area contributed by atoms with Crippen LogP contribution in [-0.4, -0.2) is 18.5 Å². The molecule has 0 unspecified atom stereocenters. The monoisotopic (exact) mass is 322 g/mol. The Morgan fingerprint density at radius 2 is 1.67 bits per heavy atom. The van der Waals surface area contributed by atoms with Crippen LogP contribution in [0.5, 0.6) is 0 Å². The third-order valence-corrected chi connectivity index (χ3v) is 3.35.